The number of aromatic nitrogens is 2. The van der Waals surface area contributed by atoms with Crippen LogP contribution in [0.2, 0.25) is 0 Å². The van der Waals surface area contributed by atoms with Crippen molar-refractivity contribution in [1.82, 2.24) is 15.1 Å². The maximum atomic E-state index is 6.00. The normalized spacial score (nSPS) is 21.4. The molecule has 1 atom stereocenters. The van der Waals surface area contributed by atoms with Gasteiger partial charge in [0.25, 0.3) is 0 Å². The van der Waals surface area contributed by atoms with Crippen molar-refractivity contribution < 1.29 is 9.47 Å². The van der Waals surface area contributed by atoms with Crippen LogP contribution in [0.15, 0.2) is 18.3 Å². The molecule has 6 heteroatoms. The van der Waals surface area contributed by atoms with Crippen molar-refractivity contribution in [2.24, 2.45) is 5.92 Å². The Morgan fingerprint density at radius 2 is 2.16 bits per heavy atom. The molecule has 25 heavy (non-hydrogen) atoms. The molecule has 0 amide bonds. The van der Waals surface area contributed by atoms with E-state index in [4.69, 9.17) is 14.6 Å². The number of hydrogen-bond donors (Lipinski definition) is 1. The smallest absolute Gasteiger partial charge is 0.114 e. The van der Waals surface area contributed by atoms with E-state index in [1.807, 2.05) is 11.3 Å². The highest BCUT2D eigenvalue weighted by atomic mass is 32.1. The van der Waals surface area contributed by atoms with Crippen LogP contribution in [0, 0.1) is 12.8 Å². The van der Waals surface area contributed by atoms with Crippen molar-refractivity contribution in [3.63, 3.8) is 0 Å². The third-order valence-electron chi connectivity index (χ3n) is 5.08. The lowest BCUT2D eigenvalue weighted by Gasteiger charge is -2.22. The zero-order valence-corrected chi connectivity index (χ0v) is 15.7. The molecule has 0 bridgehead atoms. The quantitative estimate of drug-likeness (QED) is 0.859. The summed E-state index contributed by atoms with van der Waals surface area (Å²) < 4.78 is 13.6. The minimum Gasteiger partial charge on any atom is -0.381 e. The summed E-state index contributed by atoms with van der Waals surface area (Å²) in [5.74, 6) is 0.690. The Bertz CT molecular complexity index is 691. The summed E-state index contributed by atoms with van der Waals surface area (Å²) in [7, 11) is 0. The predicted molar refractivity (Wildman–Crippen MR) is 98.9 cm³/mol. The summed E-state index contributed by atoms with van der Waals surface area (Å²) >= 11 is 1.85. The molecular formula is C19H27N3O2S. The van der Waals surface area contributed by atoms with Gasteiger partial charge in [-0.2, -0.15) is 5.10 Å². The lowest BCUT2D eigenvalue weighted by atomic mass is 10.0. The van der Waals surface area contributed by atoms with Gasteiger partial charge in [0.15, 0.2) is 0 Å². The first-order chi connectivity index (χ1) is 12.3. The van der Waals surface area contributed by atoms with Crippen LogP contribution >= 0.6 is 11.3 Å². The van der Waals surface area contributed by atoms with E-state index in [9.17, 15) is 0 Å². The van der Waals surface area contributed by atoms with Crippen molar-refractivity contribution in [3.8, 4) is 0 Å². The summed E-state index contributed by atoms with van der Waals surface area (Å²) in [5.41, 5.74) is 2.49. The van der Waals surface area contributed by atoms with Gasteiger partial charge in [-0.1, -0.05) is 0 Å². The average Bonchev–Trinajstić information content (AvgIpc) is 3.22. The molecule has 4 rings (SSSR count). The number of rotatable bonds is 6. The van der Waals surface area contributed by atoms with Gasteiger partial charge in [0, 0.05) is 48.8 Å². The lowest BCUT2D eigenvalue weighted by Crippen LogP contribution is -2.27. The molecule has 0 radical (unpaired) electrons. The molecule has 2 aliphatic heterocycles. The number of ether oxygens (including phenoxy) is 2. The molecule has 2 aromatic heterocycles. The fourth-order valence-corrected chi connectivity index (χ4v) is 4.54. The second kappa shape index (κ2) is 7.99. The first kappa shape index (κ1) is 17.2. The molecule has 1 fully saturated rings. The lowest BCUT2D eigenvalue weighted by molar-refractivity contribution is 0.0388. The van der Waals surface area contributed by atoms with E-state index in [-0.39, 0.29) is 6.10 Å². The molecule has 0 spiro atoms. The minimum absolute atomic E-state index is 0.0701. The number of nitrogens with zero attached hydrogens (tertiary/aromatic N) is 2. The molecule has 5 nitrogen and oxygen atoms in total. The number of thiophene rings is 1. The van der Waals surface area contributed by atoms with Crippen LogP contribution in [0.25, 0.3) is 0 Å². The van der Waals surface area contributed by atoms with E-state index in [2.05, 4.69) is 35.3 Å². The van der Waals surface area contributed by atoms with Crippen molar-refractivity contribution in [3.05, 3.63) is 39.3 Å². The standard InChI is InChI=1S/C19H27N3O2S/c1-14-2-3-17(25-14)10-20-11-18-19-16(6-9-24-18)13-22(21-19)12-15-4-7-23-8-5-15/h2-3,13,15,18,20H,4-12H2,1H3. The largest absolute Gasteiger partial charge is 0.381 e. The van der Waals surface area contributed by atoms with Crippen LogP contribution in [-0.4, -0.2) is 36.1 Å². The Morgan fingerprint density at radius 1 is 1.28 bits per heavy atom. The van der Waals surface area contributed by atoms with Crippen molar-refractivity contribution in [1.29, 1.82) is 0 Å². The fourth-order valence-electron chi connectivity index (χ4n) is 3.68. The van der Waals surface area contributed by atoms with Crippen LogP contribution in [0.5, 0.6) is 0 Å². The monoisotopic (exact) mass is 361 g/mol. The van der Waals surface area contributed by atoms with Gasteiger partial charge >= 0.3 is 0 Å². The topological polar surface area (TPSA) is 48.3 Å². The van der Waals surface area contributed by atoms with E-state index in [0.717, 1.165) is 64.4 Å². The van der Waals surface area contributed by atoms with Gasteiger partial charge < -0.3 is 14.8 Å². The van der Waals surface area contributed by atoms with Gasteiger partial charge in [0.1, 0.15) is 6.10 Å². The summed E-state index contributed by atoms with van der Waals surface area (Å²) in [5, 5.41) is 8.41. The zero-order valence-electron chi connectivity index (χ0n) is 14.9. The average molecular weight is 362 g/mol. The molecule has 2 aromatic rings. The Hall–Kier alpha value is -1.21. The van der Waals surface area contributed by atoms with Crippen molar-refractivity contribution in [2.75, 3.05) is 26.4 Å². The third-order valence-corrected chi connectivity index (χ3v) is 6.08. The SMILES string of the molecule is Cc1ccc(CNCC2OCCc3cn(CC4CCOCC4)nc32)s1. The molecule has 2 aliphatic rings. The molecule has 1 unspecified atom stereocenters. The molecule has 4 heterocycles. The van der Waals surface area contributed by atoms with E-state index in [1.165, 1.54) is 15.3 Å². The molecular weight excluding hydrogens is 334 g/mol. The predicted octanol–water partition coefficient (Wildman–Crippen LogP) is 3.08. The van der Waals surface area contributed by atoms with E-state index in [1.54, 1.807) is 0 Å². The second-order valence-corrected chi connectivity index (χ2v) is 8.44. The number of hydrogen-bond acceptors (Lipinski definition) is 5. The minimum atomic E-state index is 0.0701. The fraction of sp³-hybridized carbons (Fsp3) is 0.632. The molecule has 136 valence electrons. The van der Waals surface area contributed by atoms with E-state index in [0.29, 0.717) is 5.92 Å². The molecule has 1 N–H and O–H groups in total. The maximum absolute atomic E-state index is 6.00. The van der Waals surface area contributed by atoms with E-state index >= 15 is 0 Å². The van der Waals surface area contributed by atoms with Crippen LogP contribution in [0.4, 0.5) is 0 Å². The molecule has 0 aromatic carbocycles. The molecule has 1 saturated heterocycles. The number of nitrogens with one attached hydrogen (secondary N) is 1. The molecule has 0 aliphatic carbocycles. The highest BCUT2D eigenvalue weighted by Gasteiger charge is 2.25. The van der Waals surface area contributed by atoms with Gasteiger partial charge in [-0.25, -0.2) is 0 Å². The summed E-state index contributed by atoms with van der Waals surface area (Å²) in [6.07, 6.45) is 5.58. The highest BCUT2D eigenvalue weighted by Crippen LogP contribution is 2.26. The second-order valence-electron chi connectivity index (χ2n) is 7.07. The van der Waals surface area contributed by atoms with Crippen LogP contribution in [0.3, 0.4) is 0 Å². The zero-order chi connectivity index (χ0) is 17.1. The highest BCUT2D eigenvalue weighted by molar-refractivity contribution is 7.11. The Kier molecular flexibility index (Phi) is 5.51. The molecule has 0 saturated carbocycles. The van der Waals surface area contributed by atoms with Gasteiger partial charge in [0.05, 0.1) is 12.3 Å². The Morgan fingerprint density at radius 3 is 2.96 bits per heavy atom. The Labute approximate surface area is 153 Å². The first-order valence-electron chi connectivity index (χ1n) is 9.29. The van der Waals surface area contributed by atoms with Gasteiger partial charge in [-0.15, -0.1) is 11.3 Å². The third kappa shape index (κ3) is 4.31. The van der Waals surface area contributed by atoms with Crippen LogP contribution < -0.4 is 5.32 Å². The summed E-state index contributed by atoms with van der Waals surface area (Å²) in [6, 6.07) is 4.37. The van der Waals surface area contributed by atoms with Crippen molar-refractivity contribution in [2.45, 2.75) is 45.4 Å². The van der Waals surface area contributed by atoms with Gasteiger partial charge in [-0.05, 0) is 49.8 Å². The number of aryl methyl sites for hydroxylation is 1. The summed E-state index contributed by atoms with van der Waals surface area (Å²) in [4.78, 5) is 2.73. The van der Waals surface area contributed by atoms with Gasteiger partial charge in [-0.3, -0.25) is 4.68 Å². The summed E-state index contributed by atoms with van der Waals surface area (Å²) in [6.45, 7) is 7.45. The maximum Gasteiger partial charge on any atom is 0.114 e. The first-order valence-corrected chi connectivity index (χ1v) is 10.1. The Balaban J connectivity index is 1.35. The van der Waals surface area contributed by atoms with Gasteiger partial charge in [0.2, 0.25) is 0 Å². The van der Waals surface area contributed by atoms with Crippen LogP contribution in [0.1, 0.15) is 40.0 Å². The van der Waals surface area contributed by atoms with Crippen LogP contribution in [-0.2, 0) is 29.0 Å². The van der Waals surface area contributed by atoms with Crippen molar-refractivity contribution >= 4 is 11.3 Å². The number of fused-ring (bicyclic) bond motifs is 1. The van der Waals surface area contributed by atoms with E-state index < -0.39 is 0 Å².